The Hall–Kier alpha value is -2.58. The first-order chi connectivity index (χ1) is 14.5. The average molecular weight is 410 g/mol. The van der Waals surface area contributed by atoms with Crippen LogP contribution in [0.15, 0.2) is 18.2 Å². The van der Waals surface area contributed by atoms with Crippen molar-refractivity contribution in [1.82, 2.24) is 20.9 Å². The molecular formula is C22H26N4O4. The van der Waals surface area contributed by atoms with Gasteiger partial charge in [0.15, 0.2) is 0 Å². The summed E-state index contributed by atoms with van der Waals surface area (Å²) in [6.45, 7) is 2.76. The Morgan fingerprint density at radius 2 is 1.80 bits per heavy atom. The number of carbonyl (C=O) groups is 4. The van der Waals surface area contributed by atoms with Gasteiger partial charge in [0.1, 0.15) is 6.04 Å². The summed E-state index contributed by atoms with van der Waals surface area (Å²) in [5.74, 6) is -1.85. The maximum Gasteiger partial charge on any atom is 0.262 e. The summed E-state index contributed by atoms with van der Waals surface area (Å²) in [6, 6.07) is 4.77. The topological polar surface area (TPSA) is 108 Å². The fourth-order valence-electron chi connectivity index (χ4n) is 5.25. The summed E-state index contributed by atoms with van der Waals surface area (Å²) >= 11 is 0. The van der Waals surface area contributed by atoms with Crippen molar-refractivity contribution < 1.29 is 19.2 Å². The number of fused-ring (bicyclic) bond motifs is 1. The van der Waals surface area contributed by atoms with Gasteiger partial charge in [0.25, 0.3) is 11.8 Å². The van der Waals surface area contributed by atoms with E-state index >= 15 is 0 Å². The van der Waals surface area contributed by atoms with E-state index in [1.165, 1.54) is 12.8 Å². The number of benzene rings is 1. The zero-order valence-electron chi connectivity index (χ0n) is 16.8. The first-order valence-corrected chi connectivity index (χ1v) is 10.8. The molecule has 8 nitrogen and oxygen atoms in total. The molecule has 5 rings (SSSR count). The van der Waals surface area contributed by atoms with Crippen LogP contribution in [0, 0.1) is 5.41 Å². The summed E-state index contributed by atoms with van der Waals surface area (Å²) in [7, 11) is 0. The second kappa shape index (κ2) is 7.28. The van der Waals surface area contributed by atoms with Crippen LogP contribution >= 0.6 is 0 Å². The molecule has 3 aliphatic heterocycles. The molecule has 158 valence electrons. The van der Waals surface area contributed by atoms with Crippen LogP contribution in [0.2, 0.25) is 0 Å². The summed E-state index contributed by atoms with van der Waals surface area (Å²) in [4.78, 5) is 50.8. The molecule has 2 saturated heterocycles. The highest BCUT2D eigenvalue weighted by molar-refractivity contribution is 6.24. The van der Waals surface area contributed by atoms with Crippen molar-refractivity contribution in [2.24, 2.45) is 5.41 Å². The Balaban J connectivity index is 1.30. The number of hydrogen-bond donors (Lipinski definition) is 3. The third-order valence-electron chi connectivity index (χ3n) is 7.18. The fourth-order valence-corrected chi connectivity index (χ4v) is 5.25. The van der Waals surface area contributed by atoms with E-state index in [2.05, 4.69) is 16.0 Å². The highest BCUT2D eigenvalue weighted by atomic mass is 16.2. The van der Waals surface area contributed by atoms with Gasteiger partial charge in [0.2, 0.25) is 11.8 Å². The SMILES string of the molecule is O=C1CCC(N2C(=O)c3cccc(CNC4CCC5(CC4)CNC5)c3C2=O)C(=O)N1. The maximum absolute atomic E-state index is 13.1. The molecule has 4 amide bonds. The number of hydrogen-bond acceptors (Lipinski definition) is 6. The van der Waals surface area contributed by atoms with Crippen LogP contribution in [0.4, 0.5) is 0 Å². The highest BCUT2D eigenvalue weighted by Crippen LogP contribution is 2.39. The van der Waals surface area contributed by atoms with Gasteiger partial charge in [-0.2, -0.15) is 0 Å². The van der Waals surface area contributed by atoms with Crippen molar-refractivity contribution >= 4 is 23.6 Å². The van der Waals surface area contributed by atoms with Crippen LogP contribution in [0.3, 0.4) is 0 Å². The van der Waals surface area contributed by atoms with Crippen molar-refractivity contribution in [3.05, 3.63) is 34.9 Å². The number of nitrogens with zero attached hydrogens (tertiary/aromatic N) is 1. The van der Waals surface area contributed by atoms with E-state index < -0.39 is 23.8 Å². The number of carbonyl (C=O) groups excluding carboxylic acids is 4. The van der Waals surface area contributed by atoms with Crippen LogP contribution in [0.1, 0.15) is 64.8 Å². The molecule has 8 heteroatoms. The molecule has 1 spiro atoms. The standard InChI is InChI=1S/C22H26N4O4/c27-17-5-4-16(19(28)25-17)26-20(29)15-3-1-2-13(18(15)21(26)30)10-24-14-6-8-22(9-7-14)11-23-12-22/h1-3,14,16,23-24H,4-12H2,(H,25,27,28). The Bertz CT molecular complexity index is 929. The molecule has 0 aromatic heterocycles. The average Bonchev–Trinajstić information content (AvgIpc) is 2.97. The number of rotatable bonds is 4. The van der Waals surface area contributed by atoms with Gasteiger partial charge in [-0.1, -0.05) is 12.1 Å². The van der Waals surface area contributed by atoms with E-state index in [0.717, 1.165) is 36.4 Å². The second-order valence-electron chi connectivity index (χ2n) is 9.05. The molecule has 30 heavy (non-hydrogen) atoms. The smallest absolute Gasteiger partial charge is 0.262 e. The lowest BCUT2D eigenvalue weighted by molar-refractivity contribution is -0.136. The molecule has 3 N–H and O–H groups in total. The van der Waals surface area contributed by atoms with E-state index in [4.69, 9.17) is 0 Å². The third-order valence-corrected chi connectivity index (χ3v) is 7.18. The molecule has 1 aromatic rings. The predicted molar refractivity (Wildman–Crippen MR) is 108 cm³/mol. The Morgan fingerprint density at radius 3 is 2.47 bits per heavy atom. The van der Waals surface area contributed by atoms with Crippen molar-refractivity contribution in [1.29, 1.82) is 0 Å². The minimum absolute atomic E-state index is 0.122. The number of piperidine rings is 1. The van der Waals surface area contributed by atoms with Gasteiger partial charge < -0.3 is 10.6 Å². The first kappa shape index (κ1) is 19.4. The first-order valence-electron chi connectivity index (χ1n) is 10.8. The van der Waals surface area contributed by atoms with Gasteiger partial charge in [-0.15, -0.1) is 0 Å². The van der Waals surface area contributed by atoms with Crippen LogP contribution in [0.25, 0.3) is 0 Å². The van der Waals surface area contributed by atoms with E-state index in [0.29, 0.717) is 29.1 Å². The van der Waals surface area contributed by atoms with E-state index in [1.807, 2.05) is 6.07 Å². The number of imide groups is 2. The number of amides is 4. The van der Waals surface area contributed by atoms with Crippen molar-refractivity contribution in [3.8, 4) is 0 Å². The Labute approximate surface area is 174 Å². The molecule has 3 heterocycles. The van der Waals surface area contributed by atoms with Gasteiger partial charge in [0, 0.05) is 32.1 Å². The number of nitrogens with one attached hydrogen (secondary N) is 3. The Kier molecular flexibility index (Phi) is 4.71. The highest BCUT2D eigenvalue weighted by Gasteiger charge is 2.45. The molecule has 1 aromatic carbocycles. The van der Waals surface area contributed by atoms with Gasteiger partial charge in [0.05, 0.1) is 11.1 Å². The quantitative estimate of drug-likeness (QED) is 0.631. The summed E-state index contributed by atoms with van der Waals surface area (Å²) in [5, 5.41) is 9.18. The van der Waals surface area contributed by atoms with Crippen molar-refractivity contribution in [3.63, 3.8) is 0 Å². The molecule has 1 saturated carbocycles. The van der Waals surface area contributed by atoms with E-state index in [9.17, 15) is 19.2 Å². The lowest BCUT2D eigenvalue weighted by atomic mass is 9.68. The van der Waals surface area contributed by atoms with E-state index in [1.54, 1.807) is 12.1 Å². The monoisotopic (exact) mass is 410 g/mol. The minimum atomic E-state index is -0.929. The molecule has 3 fully saturated rings. The normalized spacial score (nSPS) is 26.0. The van der Waals surface area contributed by atoms with Gasteiger partial charge in [-0.05, 0) is 49.1 Å². The maximum atomic E-state index is 13.1. The largest absolute Gasteiger partial charge is 0.316 e. The molecule has 0 bridgehead atoms. The van der Waals surface area contributed by atoms with Crippen LogP contribution in [0.5, 0.6) is 0 Å². The van der Waals surface area contributed by atoms with Crippen molar-refractivity contribution in [2.45, 2.75) is 57.2 Å². The third kappa shape index (κ3) is 3.15. The summed E-state index contributed by atoms with van der Waals surface area (Å²) in [6.07, 6.45) is 4.95. The molecule has 1 unspecified atom stereocenters. The minimum Gasteiger partial charge on any atom is -0.316 e. The summed E-state index contributed by atoms with van der Waals surface area (Å²) in [5.41, 5.74) is 2.00. The molecule has 4 aliphatic rings. The lowest BCUT2D eigenvalue weighted by Gasteiger charge is -2.47. The molecule has 1 aliphatic carbocycles. The molecule has 0 radical (unpaired) electrons. The second-order valence-corrected chi connectivity index (χ2v) is 9.05. The zero-order valence-corrected chi connectivity index (χ0v) is 16.8. The fraction of sp³-hybridized carbons (Fsp3) is 0.545. The zero-order chi connectivity index (χ0) is 20.9. The van der Waals surface area contributed by atoms with Crippen LogP contribution < -0.4 is 16.0 Å². The molecule has 1 atom stereocenters. The Morgan fingerprint density at radius 1 is 1.03 bits per heavy atom. The summed E-state index contributed by atoms with van der Waals surface area (Å²) < 4.78 is 0. The van der Waals surface area contributed by atoms with Gasteiger partial charge >= 0.3 is 0 Å². The van der Waals surface area contributed by atoms with Gasteiger partial charge in [-0.3, -0.25) is 29.4 Å². The predicted octanol–water partition coefficient (Wildman–Crippen LogP) is 0.710. The van der Waals surface area contributed by atoms with E-state index in [-0.39, 0.29) is 18.7 Å². The van der Waals surface area contributed by atoms with Crippen LogP contribution in [-0.2, 0) is 16.1 Å². The van der Waals surface area contributed by atoms with Crippen LogP contribution in [-0.4, -0.2) is 53.7 Å². The lowest BCUT2D eigenvalue weighted by Crippen LogP contribution is -2.56. The molecular weight excluding hydrogens is 384 g/mol. The van der Waals surface area contributed by atoms with Crippen molar-refractivity contribution in [2.75, 3.05) is 13.1 Å². The van der Waals surface area contributed by atoms with Gasteiger partial charge in [-0.25, -0.2) is 0 Å².